The van der Waals surface area contributed by atoms with Gasteiger partial charge in [0.25, 0.3) is 0 Å². The molecule has 1 saturated carbocycles. The first-order valence-electron chi connectivity index (χ1n) is 8.28. The summed E-state index contributed by atoms with van der Waals surface area (Å²) in [5.41, 5.74) is 0.973. The number of nitrogens with zero attached hydrogens (tertiary/aromatic N) is 2. The van der Waals surface area contributed by atoms with E-state index in [0.717, 1.165) is 17.9 Å². The van der Waals surface area contributed by atoms with Crippen molar-refractivity contribution in [2.75, 3.05) is 13.2 Å². The zero-order valence-electron chi connectivity index (χ0n) is 13.6. The number of rotatable bonds is 9. The van der Waals surface area contributed by atoms with Gasteiger partial charge in [0.15, 0.2) is 0 Å². The predicted molar refractivity (Wildman–Crippen MR) is 95.0 cm³/mol. The van der Waals surface area contributed by atoms with Crippen LogP contribution in [0.5, 0.6) is 5.75 Å². The molecule has 2 aromatic rings. The van der Waals surface area contributed by atoms with E-state index in [1.54, 1.807) is 11.3 Å². The quantitative estimate of drug-likeness (QED) is 0.760. The van der Waals surface area contributed by atoms with E-state index in [2.05, 4.69) is 28.5 Å². The second-order valence-corrected chi connectivity index (χ2v) is 7.22. The van der Waals surface area contributed by atoms with Gasteiger partial charge in [0.1, 0.15) is 18.5 Å². The summed E-state index contributed by atoms with van der Waals surface area (Å²) in [6.45, 7) is 1.82. The normalized spacial score (nSPS) is 15.2. The molecule has 1 fully saturated rings. The highest BCUT2D eigenvalue weighted by atomic mass is 32.1. The molecule has 1 aromatic carbocycles. The summed E-state index contributed by atoms with van der Waals surface area (Å²) >= 11 is 1.76. The molecule has 0 saturated heterocycles. The Labute approximate surface area is 146 Å². The minimum absolute atomic E-state index is 0.283. The zero-order valence-corrected chi connectivity index (χ0v) is 14.4. The Bertz CT molecular complexity index is 660. The molecule has 4 nitrogen and oxygen atoms in total. The van der Waals surface area contributed by atoms with Crippen molar-refractivity contribution in [2.45, 2.75) is 38.0 Å². The van der Waals surface area contributed by atoms with Crippen molar-refractivity contribution in [1.29, 1.82) is 5.26 Å². The lowest BCUT2D eigenvalue weighted by Gasteiger charge is -2.24. The molecule has 1 N–H and O–H groups in total. The Hall–Kier alpha value is -1.87. The van der Waals surface area contributed by atoms with Gasteiger partial charge >= 0.3 is 0 Å². The number of nitriles is 1. The number of benzene rings is 1. The molecule has 24 heavy (non-hydrogen) atoms. The third-order valence-electron chi connectivity index (χ3n) is 4.10. The molecule has 0 radical (unpaired) electrons. The predicted octanol–water partition coefficient (Wildman–Crippen LogP) is 3.22. The van der Waals surface area contributed by atoms with Gasteiger partial charge in [0.05, 0.1) is 12.5 Å². The lowest BCUT2D eigenvalue weighted by atomic mass is 10.2. The van der Waals surface area contributed by atoms with E-state index in [1.165, 1.54) is 17.7 Å². The van der Waals surface area contributed by atoms with Gasteiger partial charge in [0.2, 0.25) is 0 Å². The van der Waals surface area contributed by atoms with Crippen LogP contribution < -0.4 is 4.74 Å². The minimum atomic E-state index is -0.510. The number of ether oxygens (including phenoxy) is 1. The molecule has 1 atom stereocenters. The van der Waals surface area contributed by atoms with Gasteiger partial charge < -0.3 is 9.84 Å². The van der Waals surface area contributed by atoms with E-state index in [1.807, 2.05) is 24.3 Å². The summed E-state index contributed by atoms with van der Waals surface area (Å²) in [6, 6.07) is 14.4. The van der Waals surface area contributed by atoms with Gasteiger partial charge in [-0.2, -0.15) is 5.26 Å². The summed E-state index contributed by atoms with van der Waals surface area (Å²) in [5, 5.41) is 21.1. The van der Waals surface area contributed by atoms with E-state index in [9.17, 15) is 5.11 Å². The molecule has 1 unspecified atom stereocenters. The van der Waals surface area contributed by atoms with Crippen LogP contribution in [-0.4, -0.2) is 35.3 Å². The molecule has 126 valence electrons. The maximum Gasteiger partial charge on any atom is 0.119 e. The summed E-state index contributed by atoms with van der Waals surface area (Å²) in [5.74, 6) is 0.729. The third-order valence-corrected chi connectivity index (χ3v) is 4.96. The van der Waals surface area contributed by atoms with Crippen LogP contribution in [0.2, 0.25) is 0 Å². The maximum absolute atomic E-state index is 10.3. The number of aliphatic hydroxyl groups is 1. The highest BCUT2D eigenvalue weighted by Gasteiger charge is 2.30. The van der Waals surface area contributed by atoms with Gasteiger partial charge in [0, 0.05) is 24.0 Å². The smallest absolute Gasteiger partial charge is 0.119 e. The van der Waals surface area contributed by atoms with Gasteiger partial charge in [-0.15, -0.1) is 11.3 Å². The van der Waals surface area contributed by atoms with Crippen LogP contribution in [0.15, 0.2) is 41.8 Å². The monoisotopic (exact) mass is 342 g/mol. The van der Waals surface area contributed by atoms with Crippen molar-refractivity contribution in [1.82, 2.24) is 4.90 Å². The first-order chi connectivity index (χ1) is 11.7. The van der Waals surface area contributed by atoms with Crippen molar-refractivity contribution in [2.24, 2.45) is 0 Å². The molecular weight excluding hydrogens is 320 g/mol. The molecule has 5 heteroatoms. The average Bonchev–Trinajstić information content (AvgIpc) is 3.31. The van der Waals surface area contributed by atoms with Gasteiger partial charge in [-0.05, 0) is 42.0 Å². The van der Waals surface area contributed by atoms with Crippen molar-refractivity contribution >= 4 is 11.3 Å². The standard InChI is InChI=1S/C19H22N2O2S/c20-10-9-15-3-7-18(8-4-15)23-14-17(22)12-21(16-5-6-16)13-19-2-1-11-24-19/h1-4,7-8,11,16-17,22H,5-6,9,12-14H2. The van der Waals surface area contributed by atoms with Crippen LogP contribution in [0.25, 0.3) is 0 Å². The van der Waals surface area contributed by atoms with Crippen molar-refractivity contribution in [3.63, 3.8) is 0 Å². The topological polar surface area (TPSA) is 56.5 Å². The summed E-state index contributed by atoms with van der Waals surface area (Å²) < 4.78 is 5.68. The van der Waals surface area contributed by atoms with Crippen molar-refractivity contribution < 1.29 is 9.84 Å². The zero-order chi connectivity index (χ0) is 16.8. The molecule has 0 bridgehead atoms. The SMILES string of the molecule is N#CCc1ccc(OCC(O)CN(Cc2cccs2)C2CC2)cc1. The Morgan fingerprint density at radius 2 is 2.08 bits per heavy atom. The van der Waals surface area contributed by atoms with Gasteiger partial charge in [-0.1, -0.05) is 18.2 Å². The van der Waals surface area contributed by atoms with E-state index >= 15 is 0 Å². The van der Waals surface area contributed by atoms with Crippen molar-refractivity contribution in [3.8, 4) is 11.8 Å². The molecule has 0 spiro atoms. The fourth-order valence-electron chi connectivity index (χ4n) is 2.70. The van der Waals surface area contributed by atoms with E-state index in [4.69, 9.17) is 10.00 Å². The molecule has 0 aliphatic heterocycles. The molecule has 1 heterocycles. The maximum atomic E-state index is 10.3. The molecule has 1 aliphatic carbocycles. The Balaban J connectivity index is 1.47. The Morgan fingerprint density at radius 1 is 1.29 bits per heavy atom. The summed E-state index contributed by atoms with van der Waals surface area (Å²) in [6.07, 6.45) is 2.34. The Morgan fingerprint density at radius 3 is 2.71 bits per heavy atom. The van der Waals surface area contributed by atoms with E-state index in [0.29, 0.717) is 19.0 Å². The second-order valence-electron chi connectivity index (χ2n) is 6.18. The highest BCUT2D eigenvalue weighted by Crippen LogP contribution is 2.29. The first-order valence-corrected chi connectivity index (χ1v) is 9.16. The Kier molecular flexibility index (Phi) is 5.86. The second kappa shape index (κ2) is 8.29. The number of hydrogen-bond acceptors (Lipinski definition) is 5. The van der Waals surface area contributed by atoms with Crippen LogP contribution >= 0.6 is 11.3 Å². The molecular formula is C19H22N2O2S. The lowest BCUT2D eigenvalue weighted by molar-refractivity contribution is 0.0630. The van der Waals surface area contributed by atoms with Crippen LogP contribution in [-0.2, 0) is 13.0 Å². The minimum Gasteiger partial charge on any atom is -0.491 e. The molecule has 3 rings (SSSR count). The number of thiophene rings is 1. The average molecular weight is 342 g/mol. The van der Waals surface area contributed by atoms with Crippen LogP contribution in [0.3, 0.4) is 0 Å². The first kappa shape index (κ1) is 17.0. The largest absolute Gasteiger partial charge is 0.491 e. The van der Waals surface area contributed by atoms with Crippen LogP contribution in [0.1, 0.15) is 23.3 Å². The van der Waals surface area contributed by atoms with Gasteiger partial charge in [-0.3, -0.25) is 4.90 Å². The van der Waals surface area contributed by atoms with E-state index < -0.39 is 6.10 Å². The number of hydrogen-bond donors (Lipinski definition) is 1. The molecule has 1 aromatic heterocycles. The number of aliphatic hydroxyl groups excluding tert-OH is 1. The third kappa shape index (κ3) is 5.07. The van der Waals surface area contributed by atoms with Crippen LogP contribution in [0, 0.1) is 11.3 Å². The van der Waals surface area contributed by atoms with Gasteiger partial charge in [-0.25, -0.2) is 0 Å². The van der Waals surface area contributed by atoms with Crippen LogP contribution in [0.4, 0.5) is 0 Å². The summed E-state index contributed by atoms with van der Waals surface area (Å²) in [4.78, 5) is 3.69. The highest BCUT2D eigenvalue weighted by molar-refractivity contribution is 7.09. The van der Waals surface area contributed by atoms with E-state index in [-0.39, 0.29) is 6.61 Å². The fraction of sp³-hybridized carbons (Fsp3) is 0.421. The molecule has 1 aliphatic rings. The summed E-state index contributed by atoms with van der Waals surface area (Å²) in [7, 11) is 0. The van der Waals surface area contributed by atoms with Crippen molar-refractivity contribution in [3.05, 3.63) is 52.2 Å². The molecule has 0 amide bonds. The lowest BCUT2D eigenvalue weighted by Crippen LogP contribution is -2.36. The fourth-order valence-corrected chi connectivity index (χ4v) is 3.43.